The van der Waals surface area contributed by atoms with Gasteiger partial charge in [0.15, 0.2) is 11.7 Å². The van der Waals surface area contributed by atoms with Gasteiger partial charge in [-0.2, -0.15) is 0 Å². The zero-order valence-corrected chi connectivity index (χ0v) is 14.2. The fourth-order valence-corrected chi connectivity index (χ4v) is 1.62. The highest BCUT2D eigenvalue weighted by Gasteiger charge is 2.06. The average molecular weight is 416 g/mol. The summed E-state index contributed by atoms with van der Waals surface area (Å²) in [6, 6.07) is 10.4. The van der Waals surface area contributed by atoms with Crippen LogP contribution in [0.4, 0.5) is 5.69 Å². The smallest absolute Gasteiger partial charge is 0.284 e. The molecule has 1 amide bonds. The van der Waals surface area contributed by atoms with E-state index >= 15 is 0 Å². The maximum absolute atomic E-state index is 10.9. The molecular formula is C14H17IN4O3. The summed E-state index contributed by atoms with van der Waals surface area (Å²) >= 11 is 0. The van der Waals surface area contributed by atoms with E-state index in [9.17, 15) is 4.79 Å². The van der Waals surface area contributed by atoms with Gasteiger partial charge < -0.3 is 25.9 Å². The molecule has 0 aliphatic carbocycles. The van der Waals surface area contributed by atoms with Crippen molar-refractivity contribution < 1.29 is 13.9 Å². The second-order valence-corrected chi connectivity index (χ2v) is 4.19. The molecule has 0 unspecified atom stereocenters. The molecule has 0 saturated carbocycles. The Kier molecular flexibility index (Phi) is 6.70. The highest BCUT2D eigenvalue weighted by molar-refractivity contribution is 14.0. The van der Waals surface area contributed by atoms with E-state index in [0.717, 1.165) is 11.4 Å². The molecule has 0 spiro atoms. The van der Waals surface area contributed by atoms with Crippen molar-refractivity contribution in [1.29, 1.82) is 0 Å². The predicted octanol–water partition coefficient (Wildman–Crippen LogP) is 1.93. The van der Waals surface area contributed by atoms with Crippen LogP contribution in [0.1, 0.15) is 16.3 Å². The second-order valence-electron chi connectivity index (χ2n) is 4.19. The molecule has 0 radical (unpaired) electrons. The largest absolute Gasteiger partial charge is 0.497 e. The van der Waals surface area contributed by atoms with Gasteiger partial charge in [-0.15, -0.1) is 24.0 Å². The second kappa shape index (κ2) is 8.27. The predicted molar refractivity (Wildman–Crippen MR) is 94.6 cm³/mol. The van der Waals surface area contributed by atoms with Crippen molar-refractivity contribution in [2.75, 3.05) is 12.4 Å². The molecule has 118 valence electrons. The van der Waals surface area contributed by atoms with E-state index in [0.29, 0.717) is 5.76 Å². The summed E-state index contributed by atoms with van der Waals surface area (Å²) in [6.45, 7) is 0.211. The highest BCUT2D eigenvalue weighted by Crippen LogP contribution is 2.14. The van der Waals surface area contributed by atoms with Gasteiger partial charge in [0.05, 0.1) is 7.11 Å². The molecular weight excluding hydrogens is 399 g/mol. The molecule has 2 rings (SSSR count). The highest BCUT2D eigenvalue weighted by atomic mass is 127. The molecule has 7 nitrogen and oxygen atoms in total. The quantitative estimate of drug-likeness (QED) is 0.392. The molecule has 8 heteroatoms. The number of benzene rings is 1. The van der Waals surface area contributed by atoms with Gasteiger partial charge >= 0.3 is 0 Å². The zero-order valence-electron chi connectivity index (χ0n) is 11.9. The molecule has 0 aliphatic heterocycles. The lowest BCUT2D eigenvalue weighted by molar-refractivity contribution is 0.0972. The van der Waals surface area contributed by atoms with Crippen molar-refractivity contribution in [2.24, 2.45) is 16.5 Å². The number of halogens is 1. The molecule has 1 heterocycles. The van der Waals surface area contributed by atoms with Crippen LogP contribution in [0.25, 0.3) is 0 Å². The monoisotopic (exact) mass is 416 g/mol. The number of furan rings is 1. The number of ether oxygens (including phenoxy) is 1. The lowest BCUT2D eigenvalue weighted by Gasteiger charge is -2.06. The van der Waals surface area contributed by atoms with Crippen LogP contribution in [0, 0.1) is 0 Å². The van der Waals surface area contributed by atoms with Crippen LogP contribution in [0.15, 0.2) is 45.8 Å². The molecule has 5 N–H and O–H groups in total. The van der Waals surface area contributed by atoms with Crippen molar-refractivity contribution >= 4 is 41.5 Å². The Balaban J connectivity index is 0.00000242. The lowest BCUT2D eigenvalue weighted by atomic mass is 10.3. The van der Waals surface area contributed by atoms with Gasteiger partial charge in [0, 0.05) is 5.69 Å². The topological polar surface area (TPSA) is 116 Å². The van der Waals surface area contributed by atoms with Crippen LogP contribution in [0.3, 0.4) is 0 Å². The van der Waals surface area contributed by atoms with E-state index in [1.807, 2.05) is 12.1 Å². The van der Waals surface area contributed by atoms with Crippen molar-refractivity contribution in [3.05, 3.63) is 47.9 Å². The SMILES string of the molecule is COc1ccc(NC(N)=NCc2ccc(C(N)=O)o2)cc1.I. The molecule has 0 atom stereocenters. The fraction of sp³-hybridized carbons (Fsp3) is 0.143. The molecule has 1 aromatic heterocycles. The van der Waals surface area contributed by atoms with Gasteiger partial charge in [-0.3, -0.25) is 4.79 Å². The number of nitrogens with two attached hydrogens (primary N) is 2. The number of primary amides is 1. The average Bonchev–Trinajstić information content (AvgIpc) is 2.95. The molecule has 1 aromatic carbocycles. The summed E-state index contributed by atoms with van der Waals surface area (Å²) in [5.74, 6) is 0.975. The Hall–Kier alpha value is -2.23. The van der Waals surface area contributed by atoms with Crippen LogP contribution < -0.4 is 21.5 Å². The van der Waals surface area contributed by atoms with E-state index in [1.165, 1.54) is 6.07 Å². The third-order valence-corrected chi connectivity index (χ3v) is 2.67. The van der Waals surface area contributed by atoms with E-state index in [-0.39, 0.29) is 42.2 Å². The molecule has 0 saturated heterocycles. The van der Waals surface area contributed by atoms with Crippen LogP contribution in [0.2, 0.25) is 0 Å². The van der Waals surface area contributed by atoms with E-state index in [2.05, 4.69) is 10.3 Å². The first-order valence-corrected chi connectivity index (χ1v) is 6.18. The van der Waals surface area contributed by atoms with Crippen molar-refractivity contribution in [3.8, 4) is 5.75 Å². The number of guanidine groups is 1. The van der Waals surface area contributed by atoms with Crippen LogP contribution in [0.5, 0.6) is 5.75 Å². The normalized spacial score (nSPS) is 10.7. The Morgan fingerprint density at radius 2 is 1.91 bits per heavy atom. The number of aliphatic imine (C=N–C) groups is 1. The first kappa shape index (κ1) is 17.8. The Labute approximate surface area is 144 Å². The minimum atomic E-state index is -0.616. The van der Waals surface area contributed by atoms with Gasteiger partial charge in [-0.05, 0) is 36.4 Å². The number of hydrogen-bond acceptors (Lipinski definition) is 4. The standard InChI is InChI=1S/C14H16N4O3.HI/c1-20-10-4-2-9(3-5-10)18-14(16)17-8-11-6-7-12(21-11)13(15)19;/h2-7H,8H2,1H3,(H2,15,19)(H3,16,17,18);1H. The van der Waals surface area contributed by atoms with Gasteiger partial charge in [0.25, 0.3) is 5.91 Å². The number of methoxy groups -OCH3 is 1. The van der Waals surface area contributed by atoms with E-state index < -0.39 is 5.91 Å². The summed E-state index contributed by atoms with van der Waals surface area (Å²) in [4.78, 5) is 15.0. The number of hydrogen-bond donors (Lipinski definition) is 3. The summed E-state index contributed by atoms with van der Waals surface area (Å²) in [6.07, 6.45) is 0. The summed E-state index contributed by atoms with van der Waals surface area (Å²) < 4.78 is 10.3. The minimum absolute atomic E-state index is 0. The van der Waals surface area contributed by atoms with Gasteiger partial charge in [-0.25, -0.2) is 4.99 Å². The van der Waals surface area contributed by atoms with Crippen LogP contribution in [-0.2, 0) is 6.54 Å². The lowest BCUT2D eigenvalue weighted by Crippen LogP contribution is -2.22. The maximum atomic E-state index is 10.9. The summed E-state index contributed by atoms with van der Waals surface area (Å²) in [7, 11) is 1.60. The maximum Gasteiger partial charge on any atom is 0.284 e. The van der Waals surface area contributed by atoms with E-state index in [1.54, 1.807) is 25.3 Å². The minimum Gasteiger partial charge on any atom is -0.497 e. The molecule has 0 bridgehead atoms. The Morgan fingerprint density at radius 1 is 1.23 bits per heavy atom. The van der Waals surface area contributed by atoms with Crippen LogP contribution >= 0.6 is 24.0 Å². The molecule has 0 fully saturated rings. The molecule has 0 aliphatic rings. The number of rotatable bonds is 5. The third kappa shape index (κ3) is 4.95. The number of nitrogens with one attached hydrogen (secondary N) is 1. The van der Waals surface area contributed by atoms with Gasteiger partial charge in [-0.1, -0.05) is 0 Å². The van der Waals surface area contributed by atoms with Crippen LogP contribution in [-0.4, -0.2) is 19.0 Å². The molecule has 2 aromatic rings. The summed E-state index contributed by atoms with van der Waals surface area (Å²) in [5.41, 5.74) is 11.6. The Morgan fingerprint density at radius 3 is 2.45 bits per heavy atom. The van der Waals surface area contributed by atoms with E-state index in [4.69, 9.17) is 20.6 Å². The zero-order chi connectivity index (χ0) is 15.2. The van der Waals surface area contributed by atoms with Crippen molar-refractivity contribution in [3.63, 3.8) is 0 Å². The third-order valence-electron chi connectivity index (χ3n) is 2.67. The number of carbonyl (C=O) groups excluding carboxylic acids is 1. The number of carbonyl (C=O) groups is 1. The number of nitrogens with zero attached hydrogens (tertiary/aromatic N) is 1. The Bertz CT molecular complexity index is 652. The van der Waals surface area contributed by atoms with Crippen molar-refractivity contribution in [1.82, 2.24) is 0 Å². The van der Waals surface area contributed by atoms with Gasteiger partial charge in [0.2, 0.25) is 0 Å². The summed E-state index contributed by atoms with van der Waals surface area (Å²) in [5, 5.41) is 2.93. The molecule has 22 heavy (non-hydrogen) atoms. The van der Waals surface area contributed by atoms with Gasteiger partial charge in [0.1, 0.15) is 18.1 Å². The number of amides is 1. The number of anilines is 1. The fourth-order valence-electron chi connectivity index (χ4n) is 1.62. The van der Waals surface area contributed by atoms with Crippen molar-refractivity contribution in [2.45, 2.75) is 6.54 Å². The first-order valence-electron chi connectivity index (χ1n) is 6.18. The first-order chi connectivity index (χ1) is 10.1.